The molecule has 0 fully saturated rings. The molecule has 0 bridgehead atoms. The zero-order chi connectivity index (χ0) is 11.7. The molecule has 5 heteroatoms. The second-order valence-corrected chi connectivity index (χ2v) is 5.16. The van der Waals surface area contributed by atoms with Crippen LogP contribution >= 0.6 is 27.7 Å². The number of carbonyl (C=O) groups is 1. The van der Waals surface area contributed by atoms with Gasteiger partial charge in [-0.1, -0.05) is 22.0 Å². The van der Waals surface area contributed by atoms with E-state index in [9.17, 15) is 9.90 Å². The fourth-order valence-electron chi connectivity index (χ4n) is 1.48. The van der Waals surface area contributed by atoms with E-state index in [0.29, 0.717) is 11.3 Å². The van der Waals surface area contributed by atoms with Gasteiger partial charge in [0, 0.05) is 15.8 Å². The standard InChI is InChI=1S/C11H9BrO3S/c1-15-11(14)10-9(13)8-4-7(12)3-2-6(8)5-16-10/h2-4,13H,5H2,1H3. The number of benzene rings is 1. The van der Waals surface area contributed by atoms with Crippen LogP contribution in [0.15, 0.2) is 27.6 Å². The van der Waals surface area contributed by atoms with Gasteiger partial charge >= 0.3 is 5.97 Å². The minimum Gasteiger partial charge on any atom is -0.506 e. The van der Waals surface area contributed by atoms with Gasteiger partial charge < -0.3 is 9.84 Å². The SMILES string of the molecule is COC(=O)C1=C(O)c2cc(Br)ccc2CS1. The fraction of sp³-hybridized carbons (Fsp3) is 0.182. The second kappa shape index (κ2) is 4.51. The Hall–Kier alpha value is -0.940. The highest BCUT2D eigenvalue weighted by Gasteiger charge is 2.24. The van der Waals surface area contributed by atoms with E-state index in [1.807, 2.05) is 12.1 Å². The number of hydrogen-bond acceptors (Lipinski definition) is 4. The van der Waals surface area contributed by atoms with Crippen LogP contribution in [0, 0.1) is 0 Å². The van der Waals surface area contributed by atoms with Crippen molar-refractivity contribution in [2.45, 2.75) is 5.75 Å². The number of methoxy groups -OCH3 is 1. The summed E-state index contributed by atoms with van der Waals surface area (Å²) in [5.41, 5.74) is 1.70. The number of ether oxygens (including phenoxy) is 1. The number of halogens is 1. The first kappa shape index (κ1) is 11.5. The van der Waals surface area contributed by atoms with Crippen LogP contribution < -0.4 is 0 Å². The predicted octanol–water partition coefficient (Wildman–Crippen LogP) is 3.10. The van der Waals surface area contributed by atoms with E-state index < -0.39 is 5.97 Å². The highest BCUT2D eigenvalue weighted by molar-refractivity contribution is 9.10. The lowest BCUT2D eigenvalue weighted by atomic mass is 10.1. The van der Waals surface area contributed by atoms with Crippen LogP contribution in [0.1, 0.15) is 11.1 Å². The van der Waals surface area contributed by atoms with Crippen LogP contribution in [-0.2, 0) is 15.3 Å². The lowest BCUT2D eigenvalue weighted by molar-refractivity contribution is -0.135. The molecule has 0 saturated carbocycles. The maximum Gasteiger partial charge on any atom is 0.348 e. The molecule has 3 nitrogen and oxygen atoms in total. The van der Waals surface area contributed by atoms with E-state index in [-0.39, 0.29) is 10.7 Å². The van der Waals surface area contributed by atoms with Crippen LogP contribution in [0.4, 0.5) is 0 Å². The fourth-order valence-corrected chi connectivity index (χ4v) is 2.84. The highest BCUT2D eigenvalue weighted by atomic mass is 79.9. The summed E-state index contributed by atoms with van der Waals surface area (Å²) in [6.45, 7) is 0. The first-order valence-corrected chi connectivity index (χ1v) is 6.34. The van der Waals surface area contributed by atoms with E-state index in [1.165, 1.54) is 18.9 Å². The van der Waals surface area contributed by atoms with Crippen molar-refractivity contribution in [3.05, 3.63) is 38.7 Å². The van der Waals surface area contributed by atoms with Crippen molar-refractivity contribution in [3.63, 3.8) is 0 Å². The summed E-state index contributed by atoms with van der Waals surface area (Å²) < 4.78 is 5.49. The Kier molecular flexibility index (Phi) is 3.25. The number of esters is 1. The van der Waals surface area contributed by atoms with Crippen molar-refractivity contribution in [1.82, 2.24) is 0 Å². The molecule has 1 heterocycles. The normalized spacial score (nSPS) is 14.6. The molecule has 1 aromatic rings. The Balaban J connectivity index is 2.52. The van der Waals surface area contributed by atoms with Crippen molar-refractivity contribution >= 4 is 39.4 Å². The van der Waals surface area contributed by atoms with Crippen LogP contribution in [-0.4, -0.2) is 18.2 Å². The van der Waals surface area contributed by atoms with E-state index in [0.717, 1.165) is 10.0 Å². The lowest BCUT2D eigenvalue weighted by Gasteiger charge is -2.17. The molecular weight excluding hydrogens is 292 g/mol. The van der Waals surface area contributed by atoms with E-state index in [1.54, 1.807) is 6.07 Å². The van der Waals surface area contributed by atoms with Crippen LogP contribution in [0.2, 0.25) is 0 Å². The molecule has 1 aliphatic rings. The average molecular weight is 301 g/mol. The summed E-state index contributed by atoms with van der Waals surface area (Å²) in [7, 11) is 1.31. The summed E-state index contributed by atoms with van der Waals surface area (Å²) in [4.78, 5) is 11.7. The smallest absolute Gasteiger partial charge is 0.348 e. The first-order chi connectivity index (χ1) is 7.63. The van der Waals surface area contributed by atoms with Gasteiger partial charge in [-0.05, 0) is 17.7 Å². The molecule has 1 N–H and O–H groups in total. The van der Waals surface area contributed by atoms with Gasteiger partial charge in [-0.2, -0.15) is 0 Å². The Morgan fingerprint density at radius 2 is 2.31 bits per heavy atom. The van der Waals surface area contributed by atoms with Gasteiger partial charge in [0.2, 0.25) is 0 Å². The van der Waals surface area contributed by atoms with Gasteiger partial charge in [0.1, 0.15) is 10.7 Å². The van der Waals surface area contributed by atoms with Crippen molar-refractivity contribution in [1.29, 1.82) is 0 Å². The molecule has 16 heavy (non-hydrogen) atoms. The van der Waals surface area contributed by atoms with Crippen molar-refractivity contribution in [3.8, 4) is 0 Å². The summed E-state index contributed by atoms with van der Waals surface area (Å²) in [5.74, 6) is 0.171. The maximum absolute atomic E-state index is 11.4. The summed E-state index contributed by atoms with van der Waals surface area (Å²) in [6.07, 6.45) is 0. The van der Waals surface area contributed by atoms with Gasteiger partial charge in [0.05, 0.1) is 7.11 Å². The predicted molar refractivity (Wildman–Crippen MR) is 67.0 cm³/mol. The monoisotopic (exact) mass is 300 g/mol. The average Bonchev–Trinajstić information content (AvgIpc) is 2.29. The number of hydrogen-bond donors (Lipinski definition) is 1. The molecule has 0 saturated heterocycles. The molecule has 0 spiro atoms. The molecule has 0 aromatic heterocycles. The van der Waals surface area contributed by atoms with E-state index >= 15 is 0 Å². The number of aliphatic hydroxyl groups excluding tert-OH is 1. The number of thioether (sulfide) groups is 1. The molecule has 1 aliphatic heterocycles. The lowest BCUT2D eigenvalue weighted by Crippen LogP contribution is -2.09. The van der Waals surface area contributed by atoms with Crippen LogP contribution in [0.3, 0.4) is 0 Å². The maximum atomic E-state index is 11.4. The number of fused-ring (bicyclic) bond motifs is 1. The summed E-state index contributed by atoms with van der Waals surface area (Å²) >= 11 is 4.63. The molecule has 2 rings (SSSR count). The summed E-state index contributed by atoms with van der Waals surface area (Å²) in [5, 5.41) is 9.98. The molecule has 0 unspecified atom stereocenters. The van der Waals surface area contributed by atoms with Gasteiger partial charge in [-0.25, -0.2) is 4.79 Å². The van der Waals surface area contributed by atoms with Gasteiger partial charge in [-0.3, -0.25) is 0 Å². The highest BCUT2D eigenvalue weighted by Crippen LogP contribution is 2.37. The van der Waals surface area contributed by atoms with Gasteiger partial charge in [0.25, 0.3) is 0 Å². The second-order valence-electron chi connectivity index (χ2n) is 3.26. The first-order valence-electron chi connectivity index (χ1n) is 4.56. The Bertz CT molecular complexity index is 482. The number of aliphatic hydroxyl groups is 1. The molecule has 0 radical (unpaired) electrons. The Morgan fingerprint density at radius 3 is 3.00 bits per heavy atom. The van der Waals surface area contributed by atoms with E-state index in [4.69, 9.17) is 0 Å². The third kappa shape index (κ3) is 1.97. The topological polar surface area (TPSA) is 46.5 Å². The molecule has 84 valence electrons. The summed E-state index contributed by atoms with van der Waals surface area (Å²) in [6, 6.07) is 5.64. The molecule has 0 atom stereocenters. The van der Waals surface area contributed by atoms with Crippen molar-refractivity contribution < 1.29 is 14.6 Å². The zero-order valence-corrected chi connectivity index (χ0v) is 10.9. The van der Waals surface area contributed by atoms with Crippen LogP contribution in [0.25, 0.3) is 5.76 Å². The quantitative estimate of drug-likeness (QED) is 0.810. The van der Waals surface area contributed by atoms with Crippen molar-refractivity contribution in [2.24, 2.45) is 0 Å². The van der Waals surface area contributed by atoms with Gasteiger partial charge in [-0.15, -0.1) is 11.8 Å². The largest absolute Gasteiger partial charge is 0.506 e. The van der Waals surface area contributed by atoms with E-state index in [2.05, 4.69) is 20.7 Å². The number of carbonyl (C=O) groups excluding carboxylic acids is 1. The number of rotatable bonds is 1. The van der Waals surface area contributed by atoms with Crippen molar-refractivity contribution in [2.75, 3.05) is 7.11 Å². The third-order valence-corrected chi connectivity index (χ3v) is 3.88. The molecule has 1 aromatic carbocycles. The zero-order valence-electron chi connectivity index (χ0n) is 8.49. The van der Waals surface area contributed by atoms with Crippen LogP contribution in [0.5, 0.6) is 0 Å². The third-order valence-electron chi connectivity index (χ3n) is 2.28. The molecule has 0 amide bonds. The molecular formula is C11H9BrO3S. The Morgan fingerprint density at radius 1 is 1.56 bits per heavy atom. The van der Waals surface area contributed by atoms with Gasteiger partial charge in [0.15, 0.2) is 0 Å². The minimum absolute atomic E-state index is 0.000556. The molecule has 0 aliphatic carbocycles. The Labute approximate surface area is 106 Å². The minimum atomic E-state index is -0.492.